The predicted octanol–water partition coefficient (Wildman–Crippen LogP) is 2.81. The third-order valence-electron chi connectivity index (χ3n) is 4.28. The number of hydrogen-bond acceptors (Lipinski definition) is 4. The quantitative estimate of drug-likeness (QED) is 0.610. The Labute approximate surface area is 174 Å². The summed E-state index contributed by atoms with van der Waals surface area (Å²) >= 11 is 6.15. The molecule has 158 valence electrons. The van der Waals surface area contributed by atoms with Crippen molar-refractivity contribution >= 4 is 27.5 Å². The van der Waals surface area contributed by atoms with Crippen LogP contribution in [-0.4, -0.2) is 23.9 Å². The lowest BCUT2D eigenvalue weighted by Gasteiger charge is -2.18. The van der Waals surface area contributed by atoms with Gasteiger partial charge in [0.05, 0.1) is 17.9 Å². The number of alkyl halides is 3. The van der Waals surface area contributed by atoms with E-state index in [1.54, 1.807) is 18.2 Å². The third kappa shape index (κ3) is 4.32. The molecule has 0 fully saturated rings. The molecule has 3 rings (SSSR count). The van der Waals surface area contributed by atoms with Crippen molar-refractivity contribution in [3.05, 3.63) is 76.8 Å². The van der Waals surface area contributed by atoms with Gasteiger partial charge in [-0.3, -0.25) is 4.79 Å². The highest BCUT2D eigenvalue weighted by atomic mass is 35.5. The summed E-state index contributed by atoms with van der Waals surface area (Å²) in [7, 11) is -4.40. The van der Waals surface area contributed by atoms with Gasteiger partial charge in [0.25, 0.3) is 0 Å². The van der Waals surface area contributed by atoms with E-state index in [4.69, 9.17) is 22.5 Å². The number of carbonyl (C=O) groups is 1. The number of amides is 1. The molecule has 2 aromatic carbocycles. The zero-order chi connectivity index (χ0) is 22.3. The van der Waals surface area contributed by atoms with Gasteiger partial charge in [-0.1, -0.05) is 35.9 Å². The van der Waals surface area contributed by atoms with Crippen molar-refractivity contribution in [3.8, 4) is 5.69 Å². The second-order valence-corrected chi connectivity index (χ2v) is 8.23. The topological polar surface area (TPSA) is 121 Å². The summed E-state index contributed by atoms with van der Waals surface area (Å²) in [5, 5.41) is 5.50. The molecule has 3 aromatic rings. The number of nitrogens with zero attached hydrogens (tertiary/aromatic N) is 2. The molecular weight excluding hydrogens is 445 g/mol. The van der Waals surface area contributed by atoms with Crippen LogP contribution in [0.4, 0.5) is 13.2 Å². The molecule has 1 aromatic heterocycles. The summed E-state index contributed by atoms with van der Waals surface area (Å²) in [6, 6.07) is 9.99. The van der Waals surface area contributed by atoms with Crippen LogP contribution in [0, 0.1) is 0 Å². The molecule has 7 nitrogen and oxygen atoms in total. The molecule has 0 saturated heterocycles. The Balaban J connectivity index is 2.19. The number of halogens is 4. The number of hydrogen-bond donors (Lipinski definition) is 2. The first-order valence-corrected chi connectivity index (χ1v) is 10.1. The molecule has 0 radical (unpaired) electrons. The standard InChI is InChI=1S/C18H14ClF3N4O3S/c19-12-4-2-1-3-11(12)16(17(23)27)10-5-6-13(14(7-10)30(24,28)29)26-8-15(25-9-26)18(20,21)22/h1-9,16H,(H2,23,27)(H2,24,28,29). The van der Waals surface area contributed by atoms with E-state index in [0.29, 0.717) is 11.8 Å². The van der Waals surface area contributed by atoms with Gasteiger partial charge in [-0.25, -0.2) is 18.5 Å². The zero-order valence-electron chi connectivity index (χ0n) is 15.0. The minimum atomic E-state index is -4.71. The minimum Gasteiger partial charge on any atom is -0.369 e. The lowest BCUT2D eigenvalue weighted by Crippen LogP contribution is -2.24. The summed E-state index contributed by atoms with van der Waals surface area (Å²) in [4.78, 5) is 14.9. The van der Waals surface area contributed by atoms with Crippen molar-refractivity contribution in [2.24, 2.45) is 10.9 Å². The lowest BCUT2D eigenvalue weighted by molar-refractivity contribution is -0.140. The van der Waals surface area contributed by atoms with Crippen LogP contribution in [0.1, 0.15) is 22.7 Å². The number of primary amides is 1. The summed E-state index contributed by atoms with van der Waals surface area (Å²) in [5.41, 5.74) is 4.61. The summed E-state index contributed by atoms with van der Waals surface area (Å²) < 4.78 is 63.8. The fourth-order valence-corrected chi connectivity index (χ4v) is 3.97. The molecule has 0 aliphatic heterocycles. The summed E-state index contributed by atoms with van der Waals surface area (Å²) in [6.45, 7) is 0. The molecule has 0 spiro atoms. The number of aromatic nitrogens is 2. The van der Waals surface area contributed by atoms with Crippen molar-refractivity contribution in [3.63, 3.8) is 0 Å². The van der Waals surface area contributed by atoms with Crippen molar-refractivity contribution < 1.29 is 26.4 Å². The second kappa shape index (κ2) is 7.74. The average Bonchev–Trinajstić information content (AvgIpc) is 3.13. The minimum absolute atomic E-state index is 0.152. The predicted molar refractivity (Wildman–Crippen MR) is 102 cm³/mol. The van der Waals surface area contributed by atoms with Crippen LogP contribution in [-0.2, 0) is 21.0 Å². The molecule has 1 heterocycles. The number of rotatable bonds is 5. The van der Waals surface area contributed by atoms with E-state index in [2.05, 4.69) is 4.98 Å². The smallest absolute Gasteiger partial charge is 0.369 e. The van der Waals surface area contributed by atoms with Crippen LogP contribution in [0.15, 0.2) is 59.9 Å². The number of benzene rings is 2. The Hall–Kier alpha value is -2.89. The first-order valence-electron chi connectivity index (χ1n) is 8.21. The fraction of sp³-hybridized carbons (Fsp3) is 0.111. The van der Waals surface area contributed by atoms with E-state index < -0.39 is 38.6 Å². The van der Waals surface area contributed by atoms with Crippen LogP contribution in [0.25, 0.3) is 5.69 Å². The number of sulfonamides is 1. The van der Waals surface area contributed by atoms with Crippen molar-refractivity contribution in [2.75, 3.05) is 0 Å². The third-order valence-corrected chi connectivity index (χ3v) is 5.56. The molecule has 0 aliphatic rings. The summed E-state index contributed by atoms with van der Waals surface area (Å²) in [5.74, 6) is -1.92. The van der Waals surface area contributed by atoms with Crippen molar-refractivity contribution in [2.45, 2.75) is 17.0 Å². The fourth-order valence-electron chi connectivity index (χ4n) is 2.96. The lowest BCUT2D eigenvalue weighted by atomic mass is 9.90. The van der Waals surface area contributed by atoms with Gasteiger partial charge in [-0.05, 0) is 29.3 Å². The van der Waals surface area contributed by atoms with Crippen LogP contribution in [0.3, 0.4) is 0 Å². The second-order valence-electron chi connectivity index (χ2n) is 6.29. The number of imidazole rings is 1. The highest BCUT2D eigenvalue weighted by molar-refractivity contribution is 7.89. The maximum absolute atomic E-state index is 12.9. The zero-order valence-corrected chi connectivity index (χ0v) is 16.5. The van der Waals surface area contributed by atoms with Crippen LogP contribution >= 0.6 is 11.6 Å². The van der Waals surface area contributed by atoms with Gasteiger partial charge in [-0.2, -0.15) is 13.2 Å². The van der Waals surface area contributed by atoms with E-state index >= 15 is 0 Å². The van der Waals surface area contributed by atoms with Gasteiger partial charge in [0.15, 0.2) is 5.69 Å². The molecule has 12 heteroatoms. The molecule has 1 atom stereocenters. The average molecular weight is 459 g/mol. The van der Waals surface area contributed by atoms with Crippen molar-refractivity contribution in [1.29, 1.82) is 0 Å². The van der Waals surface area contributed by atoms with Gasteiger partial charge < -0.3 is 10.3 Å². The molecule has 1 unspecified atom stereocenters. The molecular formula is C18H14ClF3N4O3S. The van der Waals surface area contributed by atoms with E-state index in [1.165, 1.54) is 18.2 Å². The van der Waals surface area contributed by atoms with Crippen LogP contribution in [0.5, 0.6) is 0 Å². The Morgan fingerprint density at radius 1 is 1.17 bits per heavy atom. The molecule has 0 saturated carbocycles. The van der Waals surface area contributed by atoms with Gasteiger partial charge in [0.2, 0.25) is 15.9 Å². The monoisotopic (exact) mass is 458 g/mol. The Kier molecular flexibility index (Phi) is 5.63. The Morgan fingerprint density at radius 2 is 1.83 bits per heavy atom. The number of primary sulfonamides is 1. The van der Waals surface area contributed by atoms with Gasteiger partial charge >= 0.3 is 6.18 Å². The van der Waals surface area contributed by atoms with Gasteiger partial charge in [0.1, 0.15) is 4.90 Å². The maximum Gasteiger partial charge on any atom is 0.434 e. The first-order chi connectivity index (χ1) is 13.9. The van der Waals surface area contributed by atoms with Gasteiger partial charge in [0, 0.05) is 11.2 Å². The van der Waals surface area contributed by atoms with E-state index in [9.17, 15) is 26.4 Å². The molecule has 0 bridgehead atoms. The molecule has 30 heavy (non-hydrogen) atoms. The summed E-state index contributed by atoms with van der Waals surface area (Å²) in [6.07, 6.45) is -3.27. The molecule has 1 amide bonds. The first kappa shape index (κ1) is 21.8. The highest BCUT2D eigenvalue weighted by Crippen LogP contribution is 2.34. The van der Waals surface area contributed by atoms with E-state index in [0.717, 1.165) is 17.0 Å². The normalized spacial score (nSPS) is 13.2. The highest BCUT2D eigenvalue weighted by Gasteiger charge is 2.34. The molecule has 4 N–H and O–H groups in total. The largest absolute Gasteiger partial charge is 0.434 e. The van der Waals surface area contributed by atoms with E-state index in [1.807, 2.05) is 0 Å². The van der Waals surface area contributed by atoms with Crippen LogP contribution in [0.2, 0.25) is 5.02 Å². The number of carbonyl (C=O) groups excluding carboxylic acids is 1. The number of nitrogens with two attached hydrogens (primary N) is 2. The maximum atomic E-state index is 12.9. The SMILES string of the molecule is NC(=O)C(c1ccc(-n2cnc(C(F)(F)F)c2)c(S(N)(=O)=O)c1)c1ccccc1Cl. The van der Waals surface area contributed by atoms with Gasteiger partial charge in [-0.15, -0.1) is 0 Å². The van der Waals surface area contributed by atoms with Crippen LogP contribution < -0.4 is 10.9 Å². The van der Waals surface area contributed by atoms with Crippen molar-refractivity contribution in [1.82, 2.24) is 9.55 Å². The Bertz CT molecular complexity index is 1230. The Morgan fingerprint density at radius 3 is 2.37 bits per heavy atom. The molecule has 0 aliphatic carbocycles. The van der Waals surface area contributed by atoms with E-state index in [-0.39, 0.29) is 16.3 Å².